The Kier molecular flexibility index (Phi) is 4.43. The van der Waals surface area contributed by atoms with Crippen LogP contribution in [0.3, 0.4) is 0 Å². The maximum atomic E-state index is 13.6. The Labute approximate surface area is 124 Å². The van der Waals surface area contributed by atoms with E-state index in [1.165, 1.54) is 6.92 Å². The number of hydrogen-bond acceptors (Lipinski definition) is 3. The van der Waals surface area contributed by atoms with Crippen LogP contribution in [-0.2, 0) is 4.74 Å². The summed E-state index contributed by atoms with van der Waals surface area (Å²) in [6.45, 7) is 1.54. The number of aromatic hydroxyl groups is 1. The minimum absolute atomic E-state index is 0.379. The molecule has 110 valence electrons. The summed E-state index contributed by atoms with van der Waals surface area (Å²) in [5.41, 5.74) is -0.334. The second-order valence-electron chi connectivity index (χ2n) is 4.35. The van der Waals surface area contributed by atoms with Crippen LogP contribution >= 0.6 is 11.6 Å². The smallest absolute Gasteiger partial charge is 0.344 e. The molecule has 0 bridgehead atoms. The molecule has 0 aromatic heterocycles. The lowest BCUT2D eigenvalue weighted by Gasteiger charge is -2.15. The Balaban J connectivity index is 2.25. The molecule has 0 spiro atoms. The SMILES string of the molecule is CC(OC(=O)c1c(F)cc(O)cc1F)c1ccccc1Cl. The number of rotatable bonds is 3. The van der Waals surface area contributed by atoms with E-state index in [1.54, 1.807) is 24.3 Å². The molecule has 0 saturated carbocycles. The summed E-state index contributed by atoms with van der Waals surface area (Å²) >= 11 is 5.96. The molecule has 3 nitrogen and oxygen atoms in total. The highest BCUT2D eigenvalue weighted by Gasteiger charge is 2.23. The highest BCUT2D eigenvalue weighted by Crippen LogP contribution is 2.27. The third-order valence-electron chi connectivity index (χ3n) is 2.86. The third-order valence-corrected chi connectivity index (χ3v) is 3.20. The van der Waals surface area contributed by atoms with E-state index >= 15 is 0 Å². The zero-order valence-electron chi connectivity index (χ0n) is 10.9. The summed E-state index contributed by atoms with van der Waals surface area (Å²) < 4.78 is 32.2. The fraction of sp³-hybridized carbons (Fsp3) is 0.133. The highest BCUT2D eigenvalue weighted by atomic mass is 35.5. The molecule has 21 heavy (non-hydrogen) atoms. The number of esters is 1. The lowest BCUT2D eigenvalue weighted by molar-refractivity contribution is 0.0327. The molecule has 0 radical (unpaired) electrons. The van der Waals surface area contributed by atoms with Gasteiger partial charge in [-0.25, -0.2) is 13.6 Å². The largest absolute Gasteiger partial charge is 0.508 e. The predicted octanol–water partition coefficient (Wildman–Crippen LogP) is 4.24. The van der Waals surface area contributed by atoms with Crippen molar-refractivity contribution in [3.05, 3.63) is 64.2 Å². The third kappa shape index (κ3) is 3.31. The lowest BCUT2D eigenvalue weighted by atomic mass is 10.1. The minimum atomic E-state index is -1.19. The van der Waals surface area contributed by atoms with E-state index in [4.69, 9.17) is 21.4 Å². The number of carbonyl (C=O) groups excluding carboxylic acids is 1. The fourth-order valence-electron chi connectivity index (χ4n) is 1.84. The summed E-state index contributed by atoms with van der Waals surface area (Å²) in [4.78, 5) is 11.9. The summed E-state index contributed by atoms with van der Waals surface area (Å²) in [6, 6.07) is 7.94. The number of carbonyl (C=O) groups is 1. The molecular formula is C15H11ClF2O3. The minimum Gasteiger partial charge on any atom is -0.508 e. The van der Waals surface area contributed by atoms with Crippen LogP contribution in [-0.4, -0.2) is 11.1 Å². The van der Waals surface area contributed by atoms with Gasteiger partial charge in [0.15, 0.2) is 0 Å². The molecule has 2 rings (SSSR count). The maximum Gasteiger partial charge on any atom is 0.344 e. The number of phenols is 1. The van der Waals surface area contributed by atoms with Gasteiger partial charge in [0.05, 0.1) is 0 Å². The molecule has 0 aliphatic rings. The van der Waals surface area contributed by atoms with Crippen molar-refractivity contribution in [1.82, 2.24) is 0 Å². The molecule has 6 heteroatoms. The van der Waals surface area contributed by atoms with Crippen molar-refractivity contribution >= 4 is 17.6 Å². The van der Waals surface area contributed by atoms with Crippen molar-refractivity contribution in [2.45, 2.75) is 13.0 Å². The van der Waals surface area contributed by atoms with Crippen LogP contribution in [0.1, 0.15) is 28.9 Å². The molecule has 0 saturated heterocycles. The van der Waals surface area contributed by atoms with Crippen molar-refractivity contribution < 1.29 is 23.4 Å². The molecule has 2 aromatic rings. The average molecular weight is 313 g/mol. The van der Waals surface area contributed by atoms with Crippen LogP contribution in [0.25, 0.3) is 0 Å². The molecular weight excluding hydrogens is 302 g/mol. The predicted molar refractivity (Wildman–Crippen MR) is 73.3 cm³/mol. The molecule has 1 unspecified atom stereocenters. The number of halogens is 3. The fourth-order valence-corrected chi connectivity index (χ4v) is 2.13. The van der Waals surface area contributed by atoms with Gasteiger partial charge in [0.2, 0.25) is 0 Å². The van der Waals surface area contributed by atoms with Gasteiger partial charge in [0, 0.05) is 22.7 Å². The molecule has 0 aliphatic heterocycles. The van der Waals surface area contributed by atoms with Gasteiger partial charge in [0.25, 0.3) is 0 Å². The van der Waals surface area contributed by atoms with E-state index in [0.717, 1.165) is 0 Å². The van der Waals surface area contributed by atoms with Gasteiger partial charge >= 0.3 is 5.97 Å². The van der Waals surface area contributed by atoms with Crippen LogP contribution < -0.4 is 0 Å². The van der Waals surface area contributed by atoms with Gasteiger partial charge in [-0.1, -0.05) is 29.8 Å². The van der Waals surface area contributed by atoms with Crippen molar-refractivity contribution in [1.29, 1.82) is 0 Å². The number of hydrogen-bond donors (Lipinski definition) is 1. The monoisotopic (exact) mass is 312 g/mol. The zero-order chi connectivity index (χ0) is 15.6. The first-order valence-electron chi connectivity index (χ1n) is 6.03. The Morgan fingerprint density at radius 3 is 2.38 bits per heavy atom. The quantitative estimate of drug-likeness (QED) is 0.862. The molecule has 0 fully saturated rings. The van der Waals surface area contributed by atoms with Crippen LogP contribution in [0.15, 0.2) is 36.4 Å². The normalized spacial score (nSPS) is 12.0. The Bertz CT molecular complexity index is 665. The first kappa shape index (κ1) is 15.3. The van der Waals surface area contributed by atoms with Crippen molar-refractivity contribution in [2.24, 2.45) is 0 Å². The van der Waals surface area contributed by atoms with Crippen molar-refractivity contribution in [3.63, 3.8) is 0 Å². The molecule has 0 aliphatic carbocycles. The van der Waals surface area contributed by atoms with E-state index in [9.17, 15) is 13.6 Å². The molecule has 2 aromatic carbocycles. The second-order valence-corrected chi connectivity index (χ2v) is 4.76. The van der Waals surface area contributed by atoms with Gasteiger partial charge < -0.3 is 9.84 Å². The molecule has 1 N–H and O–H groups in total. The van der Waals surface area contributed by atoms with Crippen LogP contribution in [0, 0.1) is 11.6 Å². The van der Waals surface area contributed by atoms with Crippen LogP contribution in [0.2, 0.25) is 5.02 Å². The van der Waals surface area contributed by atoms with E-state index in [-0.39, 0.29) is 0 Å². The van der Waals surface area contributed by atoms with Crippen molar-refractivity contribution in [2.75, 3.05) is 0 Å². The standard InChI is InChI=1S/C15H11ClF2O3/c1-8(10-4-2-3-5-11(10)16)21-15(20)14-12(17)6-9(19)7-13(14)18/h2-8,19H,1H3. The molecule has 0 amide bonds. The number of ether oxygens (including phenoxy) is 1. The van der Waals surface area contributed by atoms with E-state index in [0.29, 0.717) is 22.7 Å². The van der Waals surface area contributed by atoms with E-state index in [1.807, 2.05) is 0 Å². The lowest BCUT2D eigenvalue weighted by Crippen LogP contribution is -2.13. The van der Waals surface area contributed by atoms with Crippen molar-refractivity contribution in [3.8, 4) is 5.75 Å². The molecule has 0 heterocycles. The van der Waals surface area contributed by atoms with E-state index < -0.39 is 35.0 Å². The average Bonchev–Trinajstić information content (AvgIpc) is 2.37. The van der Waals surface area contributed by atoms with Gasteiger partial charge in [-0.05, 0) is 13.0 Å². The first-order valence-corrected chi connectivity index (χ1v) is 6.41. The Morgan fingerprint density at radius 1 is 1.24 bits per heavy atom. The summed E-state index contributed by atoms with van der Waals surface area (Å²) in [6.07, 6.45) is -0.779. The Morgan fingerprint density at radius 2 is 1.81 bits per heavy atom. The second kappa shape index (κ2) is 6.10. The topological polar surface area (TPSA) is 46.5 Å². The van der Waals surface area contributed by atoms with Crippen LogP contribution in [0.4, 0.5) is 8.78 Å². The highest BCUT2D eigenvalue weighted by molar-refractivity contribution is 6.31. The van der Waals surface area contributed by atoms with Crippen LogP contribution in [0.5, 0.6) is 5.75 Å². The summed E-state index contributed by atoms with van der Waals surface area (Å²) in [5, 5.41) is 9.43. The zero-order valence-corrected chi connectivity index (χ0v) is 11.7. The molecule has 1 atom stereocenters. The van der Waals surface area contributed by atoms with E-state index in [2.05, 4.69) is 0 Å². The summed E-state index contributed by atoms with van der Waals surface area (Å²) in [5.74, 6) is -4.16. The van der Waals surface area contributed by atoms with Gasteiger partial charge in [-0.15, -0.1) is 0 Å². The maximum absolute atomic E-state index is 13.6. The van der Waals surface area contributed by atoms with Gasteiger partial charge in [0.1, 0.15) is 29.1 Å². The first-order chi connectivity index (χ1) is 9.90. The van der Waals surface area contributed by atoms with Gasteiger partial charge in [-0.3, -0.25) is 0 Å². The Hall–Kier alpha value is -2.14. The summed E-state index contributed by atoms with van der Waals surface area (Å²) in [7, 11) is 0. The van der Waals surface area contributed by atoms with Gasteiger partial charge in [-0.2, -0.15) is 0 Å². The number of benzene rings is 2. The number of phenolic OH excluding ortho intramolecular Hbond substituents is 1.